The lowest BCUT2D eigenvalue weighted by Gasteiger charge is -2.04. The van der Waals surface area contributed by atoms with Gasteiger partial charge in [0.1, 0.15) is 11.5 Å². The van der Waals surface area contributed by atoms with Crippen LogP contribution in [0.2, 0.25) is 0 Å². The number of aromatic hydroxyl groups is 2. The lowest BCUT2D eigenvalue weighted by Crippen LogP contribution is -2.09. The number of para-hydroxylation sites is 1. The summed E-state index contributed by atoms with van der Waals surface area (Å²) in [5, 5.41) is 43.7. The van der Waals surface area contributed by atoms with Crippen LogP contribution in [0.5, 0.6) is 11.5 Å². The minimum atomic E-state index is -1.52. The maximum absolute atomic E-state index is 10.4. The van der Waals surface area contributed by atoms with Gasteiger partial charge < -0.3 is 31.3 Å². The van der Waals surface area contributed by atoms with Crippen LogP contribution in [0.3, 0.4) is 0 Å². The molecule has 0 radical (unpaired) electrons. The Hall–Kier alpha value is -3.26. The molecule has 23 heavy (non-hydrogen) atoms. The maximum atomic E-state index is 10.4. The highest BCUT2D eigenvalue weighted by molar-refractivity contribution is 5.95. The van der Waals surface area contributed by atoms with Crippen molar-refractivity contribution in [1.29, 1.82) is 0 Å². The van der Waals surface area contributed by atoms with Crippen LogP contribution in [0.1, 0.15) is 22.0 Å². The van der Waals surface area contributed by atoms with Crippen molar-refractivity contribution in [2.75, 3.05) is 5.73 Å². The largest absolute Gasteiger partial charge is 0.508 e. The average molecular weight is 321 g/mol. The van der Waals surface area contributed by atoms with E-state index in [1.807, 2.05) is 0 Å². The molecule has 8 nitrogen and oxygen atoms in total. The number of hydrogen-bond donors (Lipinski definition) is 6. The molecule has 1 atom stereocenters. The molecule has 0 aromatic heterocycles. The predicted octanol–water partition coefficient (Wildman–Crippen LogP) is 1.18. The molecule has 0 aliphatic carbocycles. The van der Waals surface area contributed by atoms with E-state index in [1.54, 1.807) is 0 Å². The van der Waals surface area contributed by atoms with Crippen LogP contribution < -0.4 is 5.73 Å². The first-order valence-corrected chi connectivity index (χ1v) is 6.24. The Morgan fingerprint density at radius 1 is 0.957 bits per heavy atom. The van der Waals surface area contributed by atoms with Gasteiger partial charge in [-0.15, -0.1) is 0 Å². The van der Waals surface area contributed by atoms with Gasteiger partial charge in [0.25, 0.3) is 0 Å². The van der Waals surface area contributed by atoms with E-state index in [2.05, 4.69) is 0 Å². The standard InChI is InChI=1S/C8H8O4.C7H7NO3/c9-6-3-1-5(2-4-6)7(10)8(11)12;8-6-4(7(10)11)2-1-3-5(6)9/h1-4,7,9-10H,(H,11,12);1-3,9H,8H2,(H,10,11). The molecular weight excluding hydrogens is 306 g/mol. The van der Waals surface area contributed by atoms with E-state index in [-0.39, 0.29) is 28.3 Å². The van der Waals surface area contributed by atoms with Gasteiger partial charge in [0, 0.05) is 0 Å². The Bertz CT molecular complexity index is 697. The monoisotopic (exact) mass is 321 g/mol. The third-order valence-electron chi connectivity index (χ3n) is 2.76. The van der Waals surface area contributed by atoms with Gasteiger partial charge in [-0.1, -0.05) is 18.2 Å². The molecule has 0 aliphatic heterocycles. The molecule has 0 amide bonds. The highest BCUT2D eigenvalue weighted by atomic mass is 16.4. The zero-order valence-electron chi connectivity index (χ0n) is 11.7. The van der Waals surface area contributed by atoms with Gasteiger partial charge in [0.2, 0.25) is 0 Å². The molecule has 1 unspecified atom stereocenters. The summed E-state index contributed by atoms with van der Waals surface area (Å²) in [4.78, 5) is 20.7. The summed E-state index contributed by atoms with van der Waals surface area (Å²) >= 11 is 0. The van der Waals surface area contributed by atoms with Crippen molar-refractivity contribution in [2.45, 2.75) is 6.10 Å². The summed E-state index contributed by atoms with van der Waals surface area (Å²) in [7, 11) is 0. The van der Waals surface area contributed by atoms with Crippen LogP contribution in [0, 0.1) is 0 Å². The highest BCUT2D eigenvalue weighted by Crippen LogP contribution is 2.22. The Balaban J connectivity index is 0.000000231. The lowest BCUT2D eigenvalue weighted by molar-refractivity contribution is -0.146. The Kier molecular flexibility index (Phi) is 5.93. The molecule has 8 heteroatoms. The van der Waals surface area contributed by atoms with E-state index < -0.39 is 18.0 Å². The normalized spacial score (nSPS) is 11.0. The number of phenols is 2. The fourth-order valence-electron chi connectivity index (χ4n) is 1.54. The fraction of sp³-hybridized carbons (Fsp3) is 0.0667. The summed E-state index contributed by atoms with van der Waals surface area (Å²) < 4.78 is 0. The third-order valence-corrected chi connectivity index (χ3v) is 2.76. The Labute approximate surface area is 130 Å². The molecule has 0 heterocycles. The minimum Gasteiger partial charge on any atom is -0.508 e. The molecule has 0 fully saturated rings. The van der Waals surface area contributed by atoms with Crippen molar-refractivity contribution < 1.29 is 35.1 Å². The molecule has 2 aromatic carbocycles. The van der Waals surface area contributed by atoms with Crippen molar-refractivity contribution in [3.63, 3.8) is 0 Å². The van der Waals surface area contributed by atoms with Gasteiger partial charge in [-0.3, -0.25) is 0 Å². The zero-order valence-corrected chi connectivity index (χ0v) is 11.7. The number of carboxylic acids is 2. The Morgan fingerprint density at radius 2 is 1.52 bits per heavy atom. The van der Waals surface area contributed by atoms with Gasteiger partial charge in [0.15, 0.2) is 6.10 Å². The first kappa shape index (κ1) is 17.8. The number of nitrogens with two attached hydrogens (primary N) is 1. The van der Waals surface area contributed by atoms with Gasteiger partial charge in [-0.05, 0) is 29.8 Å². The molecule has 122 valence electrons. The molecule has 2 aromatic rings. The van der Waals surface area contributed by atoms with Crippen LogP contribution >= 0.6 is 0 Å². The number of aliphatic hydroxyl groups is 1. The number of phenolic OH excluding ortho intramolecular Hbond substituents is 2. The van der Waals surface area contributed by atoms with E-state index >= 15 is 0 Å². The number of carboxylic acid groups (broad SMARTS) is 2. The van der Waals surface area contributed by atoms with Crippen molar-refractivity contribution in [2.24, 2.45) is 0 Å². The number of carbonyl (C=O) groups is 2. The number of benzene rings is 2. The molecule has 0 saturated heterocycles. The summed E-state index contributed by atoms with van der Waals surface area (Å²) in [5.74, 6) is -2.61. The summed E-state index contributed by atoms with van der Waals surface area (Å²) in [6.07, 6.45) is -1.52. The van der Waals surface area contributed by atoms with E-state index in [0.29, 0.717) is 0 Å². The van der Waals surface area contributed by atoms with E-state index in [4.69, 9.17) is 31.3 Å². The third kappa shape index (κ3) is 4.90. The molecular formula is C15H15NO7. The average Bonchev–Trinajstić information content (AvgIpc) is 2.50. The van der Waals surface area contributed by atoms with Crippen molar-refractivity contribution in [1.82, 2.24) is 0 Å². The fourth-order valence-corrected chi connectivity index (χ4v) is 1.54. The van der Waals surface area contributed by atoms with Crippen molar-refractivity contribution in [3.8, 4) is 11.5 Å². The van der Waals surface area contributed by atoms with Crippen LogP contribution in [0.25, 0.3) is 0 Å². The summed E-state index contributed by atoms with van der Waals surface area (Å²) in [6, 6.07) is 9.44. The lowest BCUT2D eigenvalue weighted by atomic mass is 10.1. The van der Waals surface area contributed by atoms with Crippen LogP contribution in [-0.2, 0) is 4.79 Å². The second-order valence-electron chi connectivity index (χ2n) is 4.38. The van der Waals surface area contributed by atoms with E-state index in [9.17, 15) is 9.59 Å². The zero-order chi connectivity index (χ0) is 17.6. The number of rotatable bonds is 3. The molecule has 2 rings (SSSR count). The van der Waals surface area contributed by atoms with E-state index in [1.165, 1.54) is 42.5 Å². The minimum absolute atomic E-state index is 0.0383. The second kappa shape index (κ2) is 7.66. The smallest absolute Gasteiger partial charge is 0.337 e. The van der Waals surface area contributed by atoms with E-state index in [0.717, 1.165) is 0 Å². The van der Waals surface area contributed by atoms with Crippen LogP contribution in [-0.4, -0.2) is 37.5 Å². The molecule has 0 spiro atoms. The SMILES string of the molecule is Nc1c(O)cccc1C(=O)O.O=C(O)C(O)c1ccc(O)cc1. The van der Waals surface area contributed by atoms with Crippen molar-refractivity contribution in [3.05, 3.63) is 53.6 Å². The quantitative estimate of drug-likeness (QED) is 0.363. The topological polar surface area (TPSA) is 161 Å². The predicted molar refractivity (Wildman–Crippen MR) is 80.2 cm³/mol. The number of hydrogen-bond acceptors (Lipinski definition) is 6. The van der Waals surface area contributed by atoms with Gasteiger partial charge in [0.05, 0.1) is 11.3 Å². The Morgan fingerprint density at radius 3 is 1.96 bits per heavy atom. The first-order valence-electron chi connectivity index (χ1n) is 6.24. The first-order chi connectivity index (χ1) is 10.7. The number of aliphatic carboxylic acids is 1. The molecule has 0 bridgehead atoms. The van der Waals surface area contributed by atoms with Gasteiger partial charge in [-0.25, -0.2) is 9.59 Å². The van der Waals surface area contributed by atoms with Crippen molar-refractivity contribution >= 4 is 17.6 Å². The summed E-state index contributed by atoms with van der Waals surface area (Å²) in [5.41, 5.74) is 5.33. The van der Waals surface area contributed by atoms with Crippen LogP contribution in [0.15, 0.2) is 42.5 Å². The summed E-state index contributed by atoms with van der Waals surface area (Å²) in [6.45, 7) is 0. The van der Waals surface area contributed by atoms with Gasteiger partial charge >= 0.3 is 11.9 Å². The molecule has 7 N–H and O–H groups in total. The number of nitrogen functional groups attached to an aromatic ring is 1. The molecule has 0 saturated carbocycles. The molecule has 0 aliphatic rings. The van der Waals surface area contributed by atoms with Crippen LogP contribution in [0.4, 0.5) is 5.69 Å². The number of aromatic carboxylic acids is 1. The maximum Gasteiger partial charge on any atom is 0.337 e. The number of anilines is 1. The second-order valence-corrected chi connectivity index (χ2v) is 4.38. The highest BCUT2D eigenvalue weighted by Gasteiger charge is 2.14. The number of aliphatic hydroxyl groups excluding tert-OH is 1. The van der Waals surface area contributed by atoms with Gasteiger partial charge in [-0.2, -0.15) is 0 Å².